The van der Waals surface area contributed by atoms with E-state index < -0.39 is 0 Å². The first-order valence-electron chi connectivity index (χ1n) is 5.05. The molecule has 0 aliphatic carbocycles. The van der Waals surface area contributed by atoms with Crippen LogP contribution < -0.4 is 0 Å². The van der Waals surface area contributed by atoms with Crippen LogP contribution in [0.4, 0.5) is 4.39 Å². The van der Waals surface area contributed by atoms with Gasteiger partial charge in [0.05, 0.1) is 0 Å². The Balaban J connectivity index is 2.57. The van der Waals surface area contributed by atoms with Gasteiger partial charge in [-0.2, -0.15) is 11.8 Å². The second-order valence-corrected chi connectivity index (χ2v) is 6.32. The van der Waals surface area contributed by atoms with Gasteiger partial charge in [-0.1, -0.05) is 36.7 Å². The molecule has 0 fully saturated rings. The molecule has 84 valence electrons. The van der Waals surface area contributed by atoms with Crippen molar-refractivity contribution in [2.24, 2.45) is 5.92 Å². The van der Waals surface area contributed by atoms with Gasteiger partial charge in [0, 0.05) is 15.5 Å². The molecule has 3 heteroatoms. The summed E-state index contributed by atoms with van der Waals surface area (Å²) in [4.78, 5) is 0. The summed E-state index contributed by atoms with van der Waals surface area (Å²) < 4.78 is 13.9. The predicted molar refractivity (Wildman–Crippen MR) is 69.7 cm³/mol. The van der Waals surface area contributed by atoms with Crippen LogP contribution in [0.25, 0.3) is 0 Å². The molecular formula is C12H16BrFS. The summed E-state index contributed by atoms with van der Waals surface area (Å²) in [5.74, 6) is 1.36. The van der Waals surface area contributed by atoms with E-state index >= 15 is 0 Å². The SMILES string of the molecule is CC(C)C(C)SCc1cc(F)cc(Br)c1. The number of benzene rings is 1. The van der Waals surface area contributed by atoms with Gasteiger partial charge in [0.1, 0.15) is 5.82 Å². The number of halogens is 2. The third-order valence-electron chi connectivity index (χ3n) is 2.37. The van der Waals surface area contributed by atoms with Crippen molar-refractivity contribution in [3.8, 4) is 0 Å². The molecule has 0 saturated heterocycles. The number of hydrogen-bond acceptors (Lipinski definition) is 1. The lowest BCUT2D eigenvalue weighted by Crippen LogP contribution is -2.05. The Labute approximate surface area is 104 Å². The standard InChI is InChI=1S/C12H16BrFS/c1-8(2)9(3)15-7-10-4-11(13)6-12(14)5-10/h4-6,8-9H,7H2,1-3H3. The zero-order valence-corrected chi connectivity index (χ0v) is 11.7. The fourth-order valence-corrected chi connectivity index (χ4v) is 2.63. The lowest BCUT2D eigenvalue weighted by Gasteiger charge is -2.14. The molecule has 1 atom stereocenters. The number of rotatable bonds is 4. The van der Waals surface area contributed by atoms with E-state index in [1.54, 1.807) is 6.07 Å². The predicted octanol–water partition coefficient (Wildman–Crippen LogP) is 4.87. The van der Waals surface area contributed by atoms with Crippen molar-refractivity contribution in [2.45, 2.75) is 31.8 Å². The highest BCUT2D eigenvalue weighted by atomic mass is 79.9. The van der Waals surface area contributed by atoms with Crippen LogP contribution in [0.1, 0.15) is 26.3 Å². The van der Waals surface area contributed by atoms with Crippen molar-refractivity contribution in [1.29, 1.82) is 0 Å². The van der Waals surface area contributed by atoms with Gasteiger partial charge in [0.25, 0.3) is 0 Å². The average molecular weight is 291 g/mol. The zero-order valence-electron chi connectivity index (χ0n) is 9.26. The van der Waals surface area contributed by atoms with Crippen LogP contribution in [0.3, 0.4) is 0 Å². The maximum Gasteiger partial charge on any atom is 0.124 e. The Hall–Kier alpha value is -0.0200. The first-order valence-corrected chi connectivity index (χ1v) is 6.90. The minimum Gasteiger partial charge on any atom is -0.207 e. The minimum absolute atomic E-state index is 0.169. The highest BCUT2D eigenvalue weighted by Gasteiger charge is 2.08. The van der Waals surface area contributed by atoms with Gasteiger partial charge in [0.15, 0.2) is 0 Å². The van der Waals surface area contributed by atoms with Gasteiger partial charge in [-0.15, -0.1) is 0 Å². The van der Waals surface area contributed by atoms with Crippen LogP contribution in [-0.2, 0) is 5.75 Å². The highest BCUT2D eigenvalue weighted by Crippen LogP contribution is 2.25. The Morgan fingerprint density at radius 1 is 1.27 bits per heavy atom. The van der Waals surface area contributed by atoms with Crippen molar-refractivity contribution in [1.82, 2.24) is 0 Å². The molecule has 0 nitrogen and oxygen atoms in total. The summed E-state index contributed by atoms with van der Waals surface area (Å²) in [6.45, 7) is 6.63. The van der Waals surface area contributed by atoms with Gasteiger partial charge in [-0.05, 0) is 29.7 Å². The minimum atomic E-state index is -0.169. The maximum absolute atomic E-state index is 13.1. The van der Waals surface area contributed by atoms with E-state index in [0.29, 0.717) is 11.2 Å². The van der Waals surface area contributed by atoms with Crippen LogP contribution >= 0.6 is 27.7 Å². The Kier molecular flexibility index (Phi) is 5.13. The monoisotopic (exact) mass is 290 g/mol. The molecule has 0 amide bonds. The van der Waals surface area contributed by atoms with E-state index in [4.69, 9.17) is 0 Å². The highest BCUT2D eigenvalue weighted by molar-refractivity contribution is 9.10. The summed E-state index contributed by atoms with van der Waals surface area (Å²) in [5, 5.41) is 0.604. The molecule has 15 heavy (non-hydrogen) atoms. The molecule has 0 saturated carbocycles. The summed E-state index contributed by atoms with van der Waals surface area (Å²) >= 11 is 5.17. The molecule has 0 N–H and O–H groups in total. The molecule has 1 rings (SSSR count). The van der Waals surface area contributed by atoms with Crippen LogP contribution in [0, 0.1) is 11.7 Å². The molecule has 0 radical (unpaired) electrons. The third kappa shape index (κ3) is 4.56. The van der Waals surface area contributed by atoms with Gasteiger partial charge >= 0.3 is 0 Å². The quantitative estimate of drug-likeness (QED) is 0.763. The van der Waals surface area contributed by atoms with Crippen LogP contribution in [0.2, 0.25) is 0 Å². The fourth-order valence-electron chi connectivity index (χ4n) is 1.11. The largest absolute Gasteiger partial charge is 0.207 e. The lowest BCUT2D eigenvalue weighted by molar-refractivity contribution is 0.625. The van der Waals surface area contributed by atoms with Crippen LogP contribution in [-0.4, -0.2) is 5.25 Å². The maximum atomic E-state index is 13.1. The van der Waals surface area contributed by atoms with Crippen molar-refractivity contribution in [3.63, 3.8) is 0 Å². The molecule has 1 aromatic carbocycles. The van der Waals surface area contributed by atoms with Gasteiger partial charge < -0.3 is 0 Å². The smallest absolute Gasteiger partial charge is 0.124 e. The van der Waals surface area contributed by atoms with E-state index in [9.17, 15) is 4.39 Å². The summed E-state index contributed by atoms with van der Waals surface area (Å²) in [6.07, 6.45) is 0. The second-order valence-electron chi connectivity index (χ2n) is 4.04. The molecule has 1 aromatic rings. The van der Waals surface area contributed by atoms with Gasteiger partial charge in [-0.3, -0.25) is 0 Å². The molecule has 1 unspecified atom stereocenters. The summed E-state index contributed by atoms with van der Waals surface area (Å²) in [5.41, 5.74) is 1.04. The van der Waals surface area contributed by atoms with Crippen LogP contribution in [0.15, 0.2) is 22.7 Å². The van der Waals surface area contributed by atoms with E-state index in [1.165, 1.54) is 6.07 Å². The number of thioether (sulfide) groups is 1. The first kappa shape index (κ1) is 13.0. The van der Waals surface area contributed by atoms with Crippen molar-refractivity contribution >= 4 is 27.7 Å². The lowest BCUT2D eigenvalue weighted by atomic mass is 10.2. The second kappa shape index (κ2) is 5.90. The molecule has 0 heterocycles. The molecule has 0 aliphatic rings. The molecule has 0 spiro atoms. The van der Waals surface area contributed by atoms with Crippen LogP contribution in [0.5, 0.6) is 0 Å². The molecular weight excluding hydrogens is 275 g/mol. The molecule has 0 aliphatic heterocycles. The third-order valence-corrected chi connectivity index (χ3v) is 4.40. The summed E-state index contributed by atoms with van der Waals surface area (Å²) in [6, 6.07) is 5.06. The van der Waals surface area contributed by atoms with E-state index in [1.807, 2.05) is 17.8 Å². The first-order chi connectivity index (χ1) is 6.99. The Morgan fingerprint density at radius 3 is 2.47 bits per heavy atom. The van der Waals surface area contributed by atoms with E-state index in [-0.39, 0.29) is 5.82 Å². The van der Waals surface area contributed by atoms with E-state index in [0.717, 1.165) is 15.8 Å². The summed E-state index contributed by atoms with van der Waals surface area (Å²) in [7, 11) is 0. The van der Waals surface area contributed by atoms with Gasteiger partial charge in [0.2, 0.25) is 0 Å². The zero-order chi connectivity index (χ0) is 11.4. The van der Waals surface area contributed by atoms with Crippen molar-refractivity contribution in [2.75, 3.05) is 0 Å². The molecule has 0 aromatic heterocycles. The topological polar surface area (TPSA) is 0 Å². The van der Waals surface area contributed by atoms with Gasteiger partial charge in [-0.25, -0.2) is 4.39 Å². The Morgan fingerprint density at radius 2 is 1.93 bits per heavy atom. The normalized spacial score (nSPS) is 13.2. The fraction of sp³-hybridized carbons (Fsp3) is 0.500. The van der Waals surface area contributed by atoms with Crippen molar-refractivity contribution < 1.29 is 4.39 Å². The number of hydrogen-bond donors (Lipinski definition) is 0. The van der Waals surface area contributed by atoms with E-state index in [2.05, 4.69) is 36.7 Å². The average Bonchev–Trinajstić information content (AvgIpc) is 2.12. The molecule has 0 bridgehead atoms. The Bertz CT molecular complexity index is 305. The van der Waals surface area contributed by atoms with Crippen molar-refractivity contribution in [3.05, 3.63) is 34.1 Å².